The predicted molar refractivity (Wildman–Crippen MR) is 73.7 cm³/mol. The quantitative estimate of drug-likeness (QED) is 0.735. The molecule has 0 amide bonds. The summed E-state index contributed by atoms with van der Waals surface area (Å²) in [5.74, 6) is -0.935. The van der Waals surface area contributed by atoms with Gasteiger partial charge in [-0.2, -0.15) is 0 Å². The molecule has 0 aromatic heterocycles. The van der Waals surface area contributed by atoms with E-state index in [0.717, 1.165) is 13.0 Å². The maximum absolute atomic E-state index is 13.6. The van der Waals surface area contributed by atoms with Crippen LogP contribution in [-0.4, -0.2) is 42.0 Å². The molecular weight excluding hydrogens is 245 g/mol. The van der Waals surface area contributed by atoms with Gasteiger partial charge in [0.15, 0.2) is 5.78 Å². The number of halogens is 1. The number of ketones is 1. The van der Waals surface area contributed by atoms with E-state index < -0.39 is 5.82 Å². The first-order valence-electron chi connectivity index (χ1n) is 6.72. The molecule has 0 spiro atoms. The lowest BCUT2D eigenvalue weighted by molar-refractivity contribution is 0.0877. The highest BCUT2D eigenvalue weighted by molar-refractivity contribution is 5.98. The SMILES string of the molecule is CCCN(CCO)CC(C)C(=O)c1ccccc1F. The summed E-state index contributed by atoms with van der Waals surface area (Å²) in [4.78, 5) is 14.2. The molecule has 0 aliphatic carbocycles. The Morgan fingerprint density at radius 3 is 2.63 bits per heavy atom. The molecule has 1 unspecified atom stereocenters. The van der Waals surface area contributed by atoms with Crippen molar-refractivity contribution in [2.45, 2.75) is 20.3 Å². The van der Waals surface area contributed by atoms with Crippen molar-refractivity contribution in [3.63, 3.8) is 0 Å². The lowest BCUT2D eigenvalue weighted by Gasteiger charge is -2.23. The third kappa shape index (κ3) is 4.73. The summed E-state index contributed by atoms with van der Waals surface area (Å²) < 4.78 is 13.6. The van der Waals surface area contributed by atoms with Gasteiger partial charge in [-0.25, -0.2) is 4.39 Å². The molecule has 0 aliphatic heterocycles. The number of aliphatic hydroxyl groups is 1. The number of carbonyl (C=O) groups is 1. The Labute approximate surface area is 114 Å². The smallest absolute Gasteiger partial charge is 0.169 e. The van der Waals surface area contributed by atoms with E-state index in [1.54, 1.807) is 19.1 Å². The zero-order valence-electron chi connectivity index (χ0n) is 11.6. The molecule has 4 heteroatoms. The van der Waals surface area contributed by atoms with Crippen LogP contribution in [0.3, 0.4) is 0 Å². The largest absolute Gasteiger partial charge is 0.395 e. The van der Waals surface area contributed by atoms with Crippen molar-refractivity contribution < 1.29 is 14.3 Å². The van der Waals surface area contributed by atoms with Gasteiger partial charge in [0.25, 0.3) is 0 Å². The predicted octanol–water partition coefficient (Wildman–Crippen LogP) is 2.35. The highest BCUT2D eigenvalue weighted by Crippen LogP contribution is 2.14. The average molecular weight is 267 g/mol. The fourth-order valence-electron chi connectivity index (χ4n) is 2.15. The van der Waals surface area contributed by atoms with E-state index in [0.29, 0.717) is 13.1 Å². The van der Waals surface area contributed by atoms with Gasteiger partial charge in [-0.1, -0.05) is 26.0 Å². The highest BCUT2D eigenvalue weighted by atomic mass is 19.1. The van der Waals surface area contributed by atoms with Gasteiger partial charge in [-0.05, 0) is 25.1 Å². The molecule has 1 aromatic rings. The van der Waals surface area contributed by atoms with Crippen molar-refractivity contribution in [2.75, 3.05) is 26.2 Å². The second-order valence-corrected chi connectivity index (χ2v) is 4.77. The summed E-state index contributed by atoms with van der Waals surface area (Å²) in [6, 6.07) is 6.06. The molecular formula is C15H22FNO2. The number of benzene rings is 1. The van der Waals surface area contributed by atoms with Crippen molar-refractivity contribution in [2.24, 2.45) is 5.92 Å². The van der Waals surface area contributed by atoms with Gasteiger partial charge in [0.1, 0.15) is 5.82 Å². The molecule has 0 radical (unpaired) electrons. The third-order valence-corrected chi connectivity index (χ3v) is 3.08. The number of nitrogens with zero attached hydrogens (tertiary/aromatic N) is 1. The molecule has 106 valence electrons. The van der Waals surface area contributed by atoms with Crippen LogP contribution in [0.4, 0.5) is 4.39 Å². The van der Waals surface area contributed by atoms with E-state index in [1.807, 2.05) is 11.8 Å². The number of Topliss-reactive ketones (excluding diaryl/α,β-unsaturated/α-hetero) is 1. The summed E-state index contributed by atoms with van der Waals surface area (Å²) in [6.45, 7) is 5.84. The van der Waals surface area contributed by atoms with Crippen LogP contribution in [0.1, 0.15) is 30.6 Å². The Balaban J connectivity index is 2.68. The Morgan fingerprint density at radius 2 is 2.05 bits per heavy atom. The number of carbonyl (C=O) groups excluding carboxylic acids is 1. The van der Waals surface area contributed by atoms with Crippen molar-refractivity contribution in [3.05, 3.63) is 35.6 Å². The van der Waals surface area contributed by atoms with Gasteiger partial charge in [-0.15, -0.1) is 0 Å². The first-order valence-corrected chi connectivity index (χ1v) is 6.72. The second kappa shape index (κ2) is 8.02. The molecule has 0 aliphatic rings. The van der Waals surface area contributed by atoms with Crippen LogP contribution in [-0.2, 0) is 0 Å². The average Bonchev–Trinajstić information content (AvgIpc) is 2.39. The zero-order chi connectivity index (χ0) is 14.3. The number of rotatable bonds is 8. The molecule has 3 nitrogen and oxygen atoms in total. The highest BCUT2D eigenvalue weighted by Gasteiger charge is 2.20. The fourth-order valence-corrected chi connectivity index (χ4v) is 2.15. The Morgan fingerprint density at radius 1 is 1.37 bits per heavy atom. The maximum atomic E-state index is 13.6. The van der Waals surface area contributed by atoms with Crippen LogP contribution in [0, 0.1) is 11.7 Å². The minimum absolute atomic E-state index is 0.0700. The van der Waals surface area contributed by atoms with Crippen LogP contribution in [0.2, 0.25) is 0 Å². The van der Waals surface area contributed by atoms with Crippen LogP contribution >= 0.6 is 0 Å². The van der Waals surface area contributed by atoms with Gasteiger partial charge in [-0.3, -0.25) is 4.79 Å². The summed E-state index contributed by atoms with van der Waals surface area (Å²) >= 11 is 0. The molecule has 1 atom stereocenters. The fraction of sp³-hybridized carbons (Fsp3) is 0.533. The molecule has 1 N–H and O–H groups in total. The summed E-state index contributed by atoms with van der Waals surface area (Å²) in [7, 11) is 0. The van der Waals surface area contributed by atoms with E-state index in [1.165, 1.54) is 12.1 Å². The molecule has 0 saturated heterocycles. The van der Waals surface area contributed by atoms with E-state index in [4.69, 9.17) is 5.11 Å². The molecule has 0 saturated carbocycles. The van der Waals surface area contributed by atoms with E-state index in [-0.39, 0.29) is 23.9 Å². The van der Waals surface area contributed by atoms with Crippen molar-refractivity contribution in [1.82, 2.24) is 4.90 Å². The van der Waals surface area contributed by atoms with E-state index in [9.17, 15) is 9.18 Å². The molecule has 1 rings (SSSR count). The van der Waals surface area contributed by atoms with Crippen LogP contribution < -0.4 is 0 Å². The number of hydrogen-bond acceptors (Lipinski definition) is 3. The molecule has 1 aromatic carbocycles. The van der Waals surface area contributed by atoms with Crippen LogP contribution in [0.25, 0.3) is 0 Å². The molecule has 0 fully saturated rings. The summed E-state index contributed by atoms with van der Waals surface area (Å²) in [5, 5.41) is 8.99. The summed E-state index contributed by atoms with van der Waals surface area (Å²) in [5.41, 5.74) is 0.149. The normalized spacial score (nSPS) is 12.7. The Kier molecular flexibility index (Phi) is 6.67. The third-order valence-electron chi connectivity index (χ3n) is 3.08. The van der Waals surface area contributed by atoms with E-state index >= 15 is 0 Å². The molecule has 0 bridgehead atoms. The maximum Gasteiger partial charge on any atom is 0.169 e. The van der Waals surface area contributed by atoms with Gasteiger partial charge in [0.05, 0.1) is 12.2 Å². The van der Waals surface area contributed by atoms with Gasteiger partial charge < -0.3 is 10.0 Å². The van der Waals surface area contributed by atoms with Gasteiger partial charge in [0.2, 0.25) is 0 Å². The van der Waals surface area contributed by atoms with Crippen molar-refractivity contribution in [1.29, 1.82) is 0 Å². The summed E-state index contributed by atoms with van der Waals surface area (Å²) in [6.07, 6.45) is 0.959. The number of hydrogen-bond donors (Lipinski definition) is 1. The monoisotopic (exact) mass is 267 g/mol. The van der Waals surface area contributed by atoms with Crippen molar-refractivity contribution in [3.8, 4) is 0 Å². The zero-order valence-corrected chi connectivity index (χ0v) is 11.6. The lowest BCUT2D eigenvalue weighted by atomic mass is 9.98. The minimum Gasteiger partial charge on any atom is -0.395 e. The van der Waals surface area contributed by atoms with Gasteiger partial charge >= 0.3 is 0 Å². The van der Waals surface area contributed by atoms with E-state index in [2.05, 4.69) is 0 Å². The first kappa shape index (κ1) is 15.8. The Hall–Kier alpha value is -1.26. The van der Waals surface area contributed by atoms with Gasteiger partial charge in [0, 0.05) is 19.0 Å². The standard InChI is InChI=1S/C15H22FNO2/c1-3-8-17(9-10-18)11-12(2)15(19)13-6-4-5-7-14(13)16/h4-7,12,18H,3,8-11H2,1-2H3. The van der Waals surface area contributed by atoms with Crippen molar-refractivity contribution >= 4 is 5.78 Å². The molecule has 0 heterocycles. The van der Waals surface area contributed by atoms with Crippen LogP contribution in [0.5, 0.6) is 0 Å². The minimum atomic E-state index is -0.469. The van der Waals surface area contributed by atoms with Crippen LogP contribution in [0.15, 0.2) is 24.3 Å². The Bertz CT molecular complexity index is 403. The number of aliphatic hydroxyl groups excluding tert-OH is 1. The first-order chi connectivity index (χ1) is 9.10. The second-order valence-electron chi connectivity index (χ2n) is 4.77. The molecule has 19 heavy (non-hydrogen) atoms. The lowest BCUT2D eigenvalue weighted by Crippen LogP contribution is -2.34. The topological polar surface area (TPSA) is 40.5 Å².